The van der Waals surface area contributed by atoms with Crippen molar-refractivity contribution in [2.75, 3.05) is 18.6 Å². The van der Waals surface area contributed by atoms with Crippen molar-refractivity contribution in [2.45, 2.75) is 58.4 Å². The van der Waals surface area contributed by atoms with Gasteiger partial charge in [0.25, 0.3) is 0 Å². The first-order chi connectivity index (χ1) is 18.0. The molecule has 1 saturated carbocycles. The molecule has 7 nitrogen and oxygen atoms in total. The molecule has 0 unspecified atom stereocenters. The summed E-state index contributed by atoms with van der Waals surface area (Å²) in [4.78, 5) is 12.0. The zero-order valence-electron chi connectivity index (χ0n) is 23.7. The Morgan fingerprint density at radius 2 is 1.82 bits per heavy atom. The maximum atomic E-state index is 6.57. The minimum Gasteiger partial charge on any atom is -0.497 e. The number of anilines is 2. The minimum absolute atomic E-state index is 0.160. The average Bonchev–Trinajstić information content (AvgIpc) is 3.61. The lowest BCUT2D eigenvalue weighted by atomic mass is 10.1. The Bertz CT molecular complexity index is 1440. The lowest BCUT2D eigenvalue weighted by molar-refractivity contribution is 0.275. The topological polar surface area (TPSA) is 65.3 Å². The van der Waals surface area contributed by atoms with Crippen molar-refractivity contribution in [1.29, 1.82) is 0 Å². The predicted octanol–water partition coefficient (Wildman–Crippen LogP) is 7.11. The Morgan fingerprint density at radius 3 is 2.47 bits per heavy atom. The largest absolute Gasteiger partial charge is 0.497 e. The third-order valence-electron chi connectivity index (χ3n) is 7.88. The van der Waals surface area contributed by atoms with E-state index in [1.54, 1.807) is 11.8 Å². The van der Waals surface area contributed by atoms with Gasteiger partial charge < -0.3 is 14.1 Å². The van der Waals surface area contributed by atoms with Crippen LogP contribution in [0.3, 0.4) is 0 Å². The van der Waals surface area contributed by atoms with E-state index in [1.807, 2.05) is 25.6 Å². The molecule has 0 bridgehead atoms. The summed E-state index contributed by atoms with van der Waals surface area (Å²) in [6.07, 6.45) is 8.13. The number of methoxy groups -OCH3 is 1. The van der Waals surface area contributed by atoms with E-state index in [2.05, 4.69) is 85.2 Å². The normalized spacial score (nSPS) is 14.2. The molecule has 2 aromatic carbocycles. The Kier molecular flexibility index (Phi) is 7.05. The van der Waals surface area contributed by atoms with E-state index >= 15 is 0 Å². The van der Waals surface area contributed by atoms with Crippen LogP contribution in [0.5, 0.6) is 5.75 Å². The summed E-state index contributed by atoms with van der Waals surface area (Å²) in [6.45, 7) is 12.9. The molecule has 0 radical (unpaired) electrons. The van der Waals surface area contributed by atoms with E-state index in [0.29, 0.717) is 12.5 Å². The predicted molar refractivity (Wildman–Crippen MR) is 156 cm³/mol. The van der Waals surface area contributed by atoms with Crippen LogP contribution >= 0.6 is 0 Å². The third-order valence-corrected chi connectivity index (χ3v) is 12.4. The highest BCUT2D eigenvalue weighted by Gasteiger charge is 2.37. The lowest BCUT2D eigenvalue weighted by Crippen LogP contribution is -2.40. The van der Waals surface area contributed by atoms with Crippen molar-refractivity contribution in [1.82, 2.24) is 19.7 Å². The highest BCUT2D eigenvalue weighted by molar-refractivity contribution is 6.74. The monoisotopic (exact) mass is 529 g/mol. The summed E-state index contributed by atoms with van der Waals surface area (Å²) in [5, 5.41) is 4.45. The highest BCUT2D eigenvalue weighted by Crippen LogP contribution is 2.39. The van der Waals surface area contributed by atoms with Crippen LogP contribution < -0.4 is 9.64 Å². The van der Waals surface area contributed by atoms with E-state index in [0.717, 1.165) is 51.5 Å². The summed E-state index contributed by atoms with van der Waals surface area (Å²) in [5.74, 6) is 1.54. The minimum atomic E-state index is -1.88. The molecule has 2 aromatic heterocycles. The summed E-state index contributed by atoms with van der Waals surface area (Å²) in [7, 11) is 1.76. The molecule has 38 heavy (non-hydrogen) atoms. The van der Waals surface area contributed by atoms with Crippen LogP contribution in [-0.4, -0.2) is 41.7 Å². The standard InChI is InChI=1S/C30H39N5O2Si/c1-30(2,3)38(6,7)37-20-22-12-25(14-26(13-22)36-5)35(18-21-8-9-21)24-10-11-27-28(15-24)33-29(17-31-27)23-16-32-34(4)19-23/h10-17,19,21H,8-9,18,20H2,1-7H3. The number of aromatic nitrogens is 4. The zero-order chi connectivity index (χ0) is 27.1. The van der Waals surface area contributed by atoms with Gasteiger partial charge >= 0.3 is 0 Å². The molecule has 0 N–H and O–H groups in total. The van der Waals surface area contributed by atoms with Gasteiger partial charge in [-0.05, 0) is 72.8 Å². The van der Waals surface area contributed by atoms with Crippen LogP contribution in [0.1, 0.15) is 39.2 Å². The number of hydrogen-bond donors (Lipinski definition) is 0. The first kappa shape index (κ1) is 26.4. The molecule has 0 atom stereocenters. The van der Waals surface area contributed by atoms with Crippen LogP contribution in [0.15, 0.2) is 55.0 Å². The van der Waals surface area contributed by atoms with Crippen molar-refractivity contribution in [3.8, 4) is 17.0 Å². The second-order valence-corrected chi connectivity index (χ2v) is 16.8. The quantitative estimate of drug-likeness (QED) is 0.215. The molecule has 1 aliphatic rings. The molecule has 2 heterocycles. The van der Waals surface area contributed by atoms with Gasteiger partial charge in [-0.2, -0.15) is 5.10 Å². The Morgan fingerprint density at radius 1 is 1.03 bits per heavy atom. The van der Waals surface area contributed by atoms with Crippen molar-refractivity contribution in [3.05, 3.63) is 60.6 Å². The number of ether oxygens (including phenoxy) is 1. The summed E-state index contributed by atoms with van der Waals surface area (Å²) < 4.78 is 14.1. The van der Waals surface area contributed by atoms with Gasteiger partial charge in [-0.1, -0.05) is 20.8 Å². The summed E-state index contributed by atoms with van der Waals surface area (Å²) >= 11 is 0. The molecule has 5 rings (SSSR count). The molecule has 0 saturated heterocycles. The third kappa shape index (κ3) is 5.76. The number of rotatable bonds is 9. The number of aryl methyl sites for hydroxylation is 1. The fraction of sp³-hybridized carbons (Fsp3) is 0.433. The lowest BCUT2D eigenvalue weighted by Gasteiger charge is -2.36. The molecular weight excluding hydrogens is 490 g/mol. The molecule has 0 aliphatic heterocycles. The number of hydrogen-bond acceptors (Lipinski definition) is 6. The fourth-order valence-electron chi connectivity index (χ4n) is 4.26. The zero-order valence-corrected chi connectivity index (χ0v) is 24.7. The van der Waals surface area contributed by atoms with E-state index in [1.165, 1.54) is 12.8 Å². The molecule has 0 amide bonds. The van der Waals surface area contributed by atoms with Crippen LogP contribution in [0.2, 0.25) is 18.1 Å². The van der Waals surface area contributed by atoms with Gasteiger partial charge in [0.15, 0.2) is 8.32 Å². The smallest absolute Gasteiger partial charge is 0.192 e. The summed E-state index contributed by atoms with van der Waals surface area (Å²) in [5.41, 5.74) is 6.87. The number of nitrogens with zero attached hydrogens (tertiary/aromatic N) is 5. The van der Waals surface area contributed by atoms with Crippen LogP contribution in [0.25, 0.3) is 22.3 Å². The van der Waals surface area contributed by atoms with Crippen LogP contribution in [-0.2, 0) is 18.1 Å². The fourth-order valence-corrected chi connectivity index (χ4v) is 5.22. The Hall–Kier alpha value is -3.23. The van der Waals surface area contributed by atoms with Gasteiger partial charge in [-0.25, -0.2) is 4.98 Å². The molecule has 200 valence electrons. The maximum absolute atomic E-state index is 6.57. The molecule has 4 aromatic rings. The van der Waals surface area contributed by atoms with E-state index in [4.69, 9.17) is 14.1 Å². The Balaban J connectivity index is 1.50. The Labute approximate surface area is 227 Å². The van der Waals surface area contributed by atoms with Crippen molar-refractivity contribution in [2.24, 2.45) is 13.0 Å². The van der Waals surface area contributed by atoms with Crippen LogP contribution in [0, 0.1) is 5.92 Å². The van der Waals surface area contributed by atoms with Gasteiger partial charge in [-0.3, -0.25) is 9.67 Å². The van der Waals surface area contributed by atoms with E-state index < -0.39 is 8.32 Å². The van der Waals surface area contributed by atoms with Crippen molar-refractivity contribution >= 4 is 30.7 Å². The van der Waals surface area contributed by atoms with Crippen molar-refractivity contribution < 1.29 is 9.16 Å². The van der Waals surface area contributed by atoms with E-state index in [-0.39, 0.29) is 5.04 Å². The molecule has 1 fully saturated rings. The molecule has 1 aliphatic carbocycles. The van der Waals surface area contributed by atoms with Gasteiger partial charge in [0.1, 0.15) is 5.75 Å². The van der Waals surface area contributed by atoms with Gasteiger partial charge in [0.2, 0.25) is 0 Å². The summed E-state index contributed by atoms with van der Waals surface area (Å²) in [6, 6.07) is 12.8. The second kappa shape index (κ2) is 10.1. The van der Waals surface area contributed by atoms with Crippen molar-refractivity contribution in [3.63, 3.8) is 0 Å². The molecular formula is C30H39N5O2Si. The van der Waals surface area contributed by atoms with Gasteiger partial charge in [-0.15, -0.1) is 0 Å². The first-order valence-corrected chi connectivity index (χ1v) is 16.3. The second-order valence-electron chi connectivity index (χ2n) is 12.0. The van der Waals surface area contributed by atoms with Gasteiger partial charge in [0.05, 0.1) is 42.8 Å². The first-order valence-electron chi connectivity index (χ1n) is 13.4. The average molecular weight is 530 g/mol. The number of fused-ring (bicyclic) bond motifs is 1. The van der Waals surface area contributed by atoms with Crippen LogP contribution in [0.4, 0.5) is 11.4 Å². The highest BCUT2D eigenvalue weighted by atomic mass is 28.4. The SMILES string of the molecule is COc1cc(CO[Si](C)(C)C(C)(C)C)cc(N(CC2CC2)c2ccc3ncc(-c4cnn(C)c4)nc3c2)c1. The maximum Gasteiger partial charge on any atom is 0.192 e. The molecule has 8 heteroatoms. The van der Waals surface area contributed by atoms with E-state index in [9.17, 15) is 0 Å². The number of benzene rings is 2. The van der Waals surface area contributed by atoms with Gasteiger partial charge in [0, 0.05) is 42.8 Å². The molecule has 0 spiro atoms.